The van der Waals surface area contributed by atoms with Gasteiger partial charge in [0, 0.05) is 12.1 Å². The molecule has 1 aromatic carbocycles. The molecule has 2 amide bonds. The maximum Gasteiger partial charge on any atom is 0.242 e. The fourth-order valence-corrected chi connectivity index (χ4v) is 2.55. The number of aromatic nitrogens is 2. The van der Waals surface area contributed by atoms with Crippen molar-refractivity contribution in [2.24, 2.45) is 0 Å². The SMILES string of the molecule is CC(C)n1nccc1NC(=O)[C@@H](C)N(C)CC(=O)Nc1ccccc1Cl. The number of hydrogen-bond donors (Lipinski definition) is 2. The van der Waals surface area contributed by atoms with Gasteiger partial charge in [-0.15, -0.1) is 0 Å². The minimum Gasteiger partial charge on any atom is -0.324 e. The number of halogens is 1. The Bertz CT molecular complexity index is 774. The molecule has 2 aromatic rings. The van der Waals surface area contributed by atoms with E-state index in [-0.39, 0.29) is 24.4 Å². The monoisotopic (exact) mass is 377 g/mol. The van der Waals surface area contributed by atoms with Crippen LogP contribution in [-0.2, 0) is 9.59 Å². The molecule has 2 N–H and O–H groups in total. The minimum atomic E-state index is -0.498. The highest BCUT2D eigenvalue weighted by molar-refractivity contribution is 6.33. The van der Waals surface area contributed by atoms with Crippen LogP contribution in [0, 0.1) is 0 Å². The summed E-state index contributed by atoms with van der Waals surface area (Å²) in [6.45, 7) is 5.77. The first kappa shape index (κ1) is 19.9. The van der Waals surface area contributed by atoms with Crippen molar-refractivity contribution in [3.8, 4) is 0 Å². The molecule has 0 spiro atoms. The summed E-state index contributed by atoms with van der Waals surface area (Å²) in [6.07, 6.45) is 1.64. The number of rotatable bonds is 7. The van der Waals surface area contributed by atoms with Gasteiger partial charge in [-0.25, -0.2) is 4.68 Å². The molecule has 0 aliphatic heterocycles. The number of carbonyl (C=O) groups is 2. The van der Waals surface area contributed by atoms with Crippen LogP contribution < -0.4 is 10.6 Å². The van der Waals surface area contributed by atoms with E-state index in [0.717, 1.165) is 0 Å². The number of nitrogens with one attached hydrogen (secondary N) is 2. The molecule has 2 rings (SSSR count). The van der Waals surface area contributed by atoms with Crippen molar-refractivity contribution >= 4 is 34.9 Å². The summed E-state index contributed by atoms with van der Waals surface area (Å²) >= 11 is 6.04. The van der Waals surface area contributed by atoms with Crippen LogP contribution in [0.5, 0.6) is 0 Å². The third-order valence-corrected chi connectivity index (χ3v) is 4.32. The lowest BCUT2D eigenvalue weighted by Gasteiger charge is -2.23. The molecule has 8 heteroatoms. The van der Waals surface area contributed by atoms with E-state index in [9.17, 15) is 9.59 Å². The molecule has 0 saturated heterocycles. The Hall–Kier alpha value is -2.38. The molecule has 0 radical (unpaired) electrons. The van der Waals surface area contributed by atoms with Crippen molar-refractivity contribution in [2.45, 2.75) is 32.9 Å². The normalized spacial score (nSPS) is 12.3. The number of likely N-dealkylation sites (N-methyl/N-ethyl adjacent to an activating group) is 1. The number of amides is 2. The zero-order valence-electron chi connectivity index (χ0n) is 15.4. The second-order valence-electron chi connectivity index (χ2n) is 6.36. The fourth-order valence-electron chi connectivity index (χ4n) is 2.37. The molecule has 0 saturated carbocycles. The molecule has 1 atom stereocenters. The Balaban J connectivity index is 1.92. The van der Waals surface area contributed by atoms with Gasteiger partial charge >= 0.3 is 0 Å². The number of carbonyl (C=O) groups excluding carboxylic acids is 2. The van der Waals surface area contributed by atoms with E-state index >= 15 is 0 Å². The molecule has 0 fully saturated rings. The zero-order chi connectivity index (χ0) is 19.3. The predicted octanol–water partition coefficient (Wildman–Crippen LogP) is 3.01. The molecule has 0 unspecified atom stereocenters. The topological polar surface area (TPSA) is 79.3 Å². The Morgan fingerprint density at radius 3 is 2.54 bits per heavy atom. The molecular weight excluding hydrogens is 354 g/mol. The average molecular weight is 378 g/mol. The van der Waals surface area contributed by atoms with E-state index in [0.29, 0.717) is 16.5 Å². The number of hydrogen-bond acceptors (Lipinski definition) is 4. The van der Waals surface area contributed by atoms with Gasteiger partial charge in [0.1, 0.15) is 5.82 Å². The second-order valence-corrected chi connectivity index (χ2v) is 6.77. The predicted molar refractivity (Wildman–Crippen MR) is 103 cm³/mol. The van der Waals surface area contributed by atoms with Crippen LogP contribution in [-0.4, -0.2) is 46.1 Å². The van der Waals surface area contributed by atoms with Gasteiger partial charge < -0.3 is 10.6 Å². The van der Waals surface area contributed by atoms with E-state index in [1.165, 1.54) is 0 Å². The molecule has 0 aliphatic rings. The van der Waals surface area contributed by atoms with Gasteiger partial charge in [-0.2, -0.15) is 5.10 Å². The van der Waals surface area contributed by atoms with E-state index in [1.54, 1.807) is 60.1 Å². The van der Waals surface area contributed by atoms with Crippen molar-refractivity contribution in [3.63, 3.8) is 0 Å². The highest BCUT2D eigenvalue weighted by atomic mass is 35.5. The molecule has 0 aliphatic carbocycles. The van der Waals surface area contributed by atoms with Crippen LogP contribution in [0.4, 0.5) is 11.5 Å². The van der Waals surface area contributed by atoms with Crippen molar-refractivity contribution < 1.29 is 9.59 Å². The highest BCUT2D eigenvalue weighted by Crippen LogP contribution is 2.20. The van der Waals surface area contributed by atoms with E-state index < -0.39 is 6.04 Å². The summed E-state index contributed by atoms with van der Waals surface area (Å²) in [7, 11) is 1.72. The van der Waals surface area contributed by atoms with Crippen LogP contribution >= 0.6 is 11.6 Å². The first-order chi connectivity index (χ1) is 12.3. The third-order valence-electron chi connectivity index (χ3n) is 3.99. The fraction of sp³-hybridized carbons (Fsp3) is 0.389. The summed E-state index contributed by atoms with van der Waals surface area (Å²) in [5, 5.41) is 10.3. The summed E-state index contributed by atoms with van der Waals surface area (Å²) in [6, 6.07) is 8.39. The van der Waals surface area contributed by atoms with Crippen molar-refractivity contribution in [2.75, 3.05) is 24.2 Å². The number of nitrogens with zero attached hydrogens (tertiary/aromatic N) is 3. The quantitative estimate of drug-likeness (QED) is 0.777. The van der Waals surface area contributed by atoms with E-state index in [4.69, 9.17) is 11.6 Å². The largest absolute Gasteiger partial charge is 0.324 e. The molecule has 0 bridgehead atoms. The molecule has 1 aromatic heterocycles. The lowest BCUT2D eigenvalue weighted by molar-refractivity contribution is -0.122. The van der Waals surface area contributed by atoms with Crippen molar-refractivity contribution in [3.05, 3.63) is 41.6 Å². The minimum absolute atomic E-state index is 0.0588. The average Bonchev–Trinajstić information content (AvgIpc) is 3.04. The van der Waals surface area contributed by atoms with Crippen LogP contribution in [0.2, 0.25) is 5.02 Å². The Kier molecular flexibility index (Phi) is 6.76. The van der Waals surface area contributed by atoms with Gasteiger partial charge in [0.05, 0.1) is 29.5 Å². The molecule has 1 heterocycles. The van der Waals surface area contributed by atoms with Crippen LogP contribution in [0.3, 0.4) is 0 Å². The Morgan fingerprint density at radius 2 is 1.88 bits per heavy atom. The molecule has 26 heavy (non-hydrogen) atoms. The van der Waals surface area contributed by atoms with Crippen LogP contribution in [0.25, 0.3) is 0 Å². The van der Waals surface area contributed by atoms with E-state index in [1.807, 2.05) is 13.8 Å². The first-order valence-electron chi connectivity index (χ1n) is 8.38. The van der Waals surface area contributed by atoms with Gasteiger partial charge in [-0.3, -0.25) is 14.5 Å². The van der Waals surface area contributed by atoms with Crippen molar-refractivity contribution in [1.29, 1.82) is 0 Å². The maximum atomic E-state index is 12.5. The third kappa shape index (κ3) is 5.06. The number of anilines is 2. The highest BCUT2D eigenvalue weighted by Gasteiger charge is 2.21. The smallest absolute Gasteiger partial charge is 0.242 e. The second kappa shape index (κ2) is 8.82. The number of benzene rings is 1. The standard InChI is InChI=1S/C18H24ClN5O2/c1-12(2)24-16(9-10-20-24)22-18(26)13(3)23(4)11-17(25)21-15-8-6-5-7-14(15)19/h5-10,12-13H,11H2,1-4H3,(H,21,25)(H,22,26)/t13-/m1/s1. The lowest BCUT2D eigenvalue weighted by Crippen LogP contribution is -2.43. The Morgan fingerprint density at radius 1 is 1.19 bits per heavy atom. The lowest BCUT2D eigenvalue weighted by atomic mass is 10.2. The zero-order valence-corrected chi connectivity index (χ0v) is 16.1. The van der Waals surface area contributed by atoms with Gasteiger partial charge in [-0.05, 0) is 40.0 Å². The molecule has 7 nitrogen and oxygen atoms in total. The van der Waals surface area contributed by atoms with Crippen molar-refractivity contribution in [1.82, 2.24) is 14.7 Å². The van der Waals surface area contributed by atoms with Gasteiger partial charge in [0.25, 0.3) is 0 Å². The number of para-hydroxylation sites is 1. The molecule has 140 valence electrons. The van der Waals surface area contributed by atoms with Gasteiger partial charge in [0.15, 0.2) is 0 Å². The summed E-state index contributed by atoms with van der Waals surface area (Å²) in [5.74, 6) is 0.179. The summed E-state index contributed by atoms with van der Waals surface area (Å²) in [5.41, 5.74) is 0.547. The van der Waals surface area contributed by atoms with Crippen LogP contribution in [0.1, 0.15) is 26.8 Å². The summed E-state index contributed by atoms with van der Waals surface area (Å²) in [4.78, 5) is 26.3. The molecular formula is C18H24ClN5O2. The van der Waals surface area contributed by atoms with Crippen LogP contribution in [0.15, 0.2) is 36.5 Å². The van der Waals surface area contributed by atoms with Gasteiger partial charge in [-0.1, -0.05) is 23.7 Å². The van der Waals surface area contributed by atoms with E-state index in [2.05, 4.69) is 15.7 Å². The summed E-state index contributed by atoms with van der Waals surface area (Å²) < 4.78 is 1.73. The maximum absolute atomic E-state index is 12.5. The first-order valence-corrected chi connectivity index (χ1v) is 8.76. The Labute approximate surface area is 158 Å². The van der Waals surface area contributed by atoms with Gasteiger partial charge in [0.2, 0.25) is 11.8 Å².